The van der Waals surface area contributed by atoms with Crippen molar-refractivity contribution in [1.29, 1.82) is 0 Å². The van der Waals surface area contributed by atoms with Crippen LogP contribution in [0.3, 0.4) is 0 Å². The number of nitrogens with two attached hydrogens (primary N) is 1. The summed E-state index contributed by atoms with van der Waals surface area (Å²) in [6.07, 6.45) is 0. The molecule has 6 nitrogen and oxygen atoms in total. The fourth-order valence-electron chi connectivity index (χ4n) is 1.67. The van der Waals surface area contributed by atoms with Crippen LogP contribution in [0.4, 0.5) is 0 Å². The number of guanidine groups is 1. The number of methoxy groups -OCH3 is 1. The van der Waals surface area contributed by atoms with Crippen LogP contribution in [0.1, 0.15) is 17.3 Å². The highest BCUT2D eigenvalue weighted by Crippen LogP contribution is 2.11. The molecule has 0 saturated carbocycles. The monoisotopic (exact) mass is 484 g/mol. The Hall–Kier alpha value is -0.870. The molecule has 1 aromatic carbocycles. The van der Waals surface area contributed by atoms with Gasteiger partial charge in [-0.05, 0) is 25.1 Å². The van der Waals surface area contributed by atoms with Gasteiger partial charge >= 0.3 is 0 Å². The third-order valence-electron chi connectivity index (χ3n) is 2.58. The van der Waals surface area contributed by atoms with Crippen molar-refractivity contribution >= 4 is 51.8 Å². The van der Waals surface area contributed by atoms with Gasteiger partial charge in [0.15, 0.2) is 5.96 Å². The van der Waals surface area contributed by atoms with Crippen molar-refractivity contribution in [3.05, 3.63) is 34.3 Å². The van der Waals surface area contributed by atoms with Gasteiger partial charge in [-0.25, -0.2) is 0 Å². The van der Waals surface area contributed by atoms with Gasteiger partial charge < -0.3 is 21.1 Å². The van der Waals surface area contributed by atoms with E-state index in [4.69, 9.17) is 10.5 Å². The average Bonchev–Trinajstić information content (AvgIpc) is 2.43. The van der Waals surface area contributed by atoms with Crippen LogP contribution in [0.15, 0.2) is 33.7 Å². The van der Waals surface area contributed by atoms with Crippen LogP contribution in [0, 0.1) is 0 Å². The van der Waals surface area contributed by atoms with E-state index in [1.165, 1.54) is 0 Å². The quantitative estimate of drug-likeness (QED) is 0.238. The average molecular weight is 485 g/mol. The van der Waals surface area contributed by atoms with Gasteiger partial charge in [0.1, 0.15) is 0 Å². The topological polar surface area (TPSA) is 88.7 Å². The lowest BCUT2D eigenvalue weighted by molar-refractivity contribution is 0.0954. The summed E-state index contributed by atoms with van der Waals surface area (Å²) < 4.78 is 5.86. The summed E-state index contributed by atoms with van der Waals surface area (Å²) >= 11 is 3.33. The molecule has 124 valence electrons. The predicted molar refractivity (Wildman–Crippen MR) is 103 cm³/mol. The molecule has 0 heterocycles. The maximum Gasteiger partial charge on any atom is 0.251 e. The second-order valence-corrected chi connectivity index (χ2v) is 5.45. The van der Waals surface area contributed by atoms with E-state index in [2.05, 4.69) is 31.6 Å². The van der Waals surface area contributed by atoms with Crippen LogP contribution in [0.2, 0.25) is 0 Å². The molecular formula is C14H22BrIN4O2. The van der Waals surface area contributed by atoms with Crippen LogP contribution < -0.4 is 16.4 Å². The first kappa shape index (κ1) is 21.1. The van der Waals surface area contributed by atoms with Crippen molar-refractivity contribution in [3.8, 4) is 0 Å². The summed E-state index contributed by atoms with van der Waals surface area (Å²) in [5.41, 5.74) is 6.32. The maximum atomic E-state index is 11.9. The summed E-state index contributed by atoms with van der Waals surface area (Å²) in [6, 6.07) is 7.30. The number of nitrogens with zero attached hydrogens (tertiary/aromatic N) is 1. The van der Waals surface area contributed by atoms with Gasteiger partial charge in [-0.1, -0.05) is 22.0 Å². The van der Waals surface area contributed by atoms with Crippen molar-refractivity contribution in [2.24, 2.45) is 10.7 Å². The van der Waals surface area contributed by atoms with E-state index in [1.54, 1.807) is 19.2 Å². The molecule has 0 saturated heterocycles. The van der Waals surface area contributed by atoms with Crippen molar-refractivity contribution in [2.75, 3.05) is 26.8 Å². The van der Waals surface area contributed by atoms with Crippen LogP contribution in [0.5, 0.6) is 0 Å². The number of halogens is 2. The lowest BCUT2D eigenvalue weighted by Gasteiger charge is -2.13. The van der Waals surface area contributed by atoms with Gasteiger partial charge in [-0.2, -0.15) is 0 Å². The van der Waals surface area contributed by atoms with Crippen molar-refractivity contribution < 1.29 is 9.53 Å². The van der Waals surface area contributed by atoms with Crippen LogP contribution in [-0.4, -0.2) is 44.7 Å². The van der Waals surface area contributed by atoms with E-state index in [0.717, 1.165) is 4.47 Å². The molecule has 4 N–H and O–H groups in total. The molecule has 0 aliphatic heterocycles. The lowest BCUT2D eigenvalue weighted by atomic mass is 10.2. The zero-order valence-electron chi connectivity index (χ0n) is 12.6. The molecular weight excluding hydrogens is 463 g/mol. The molecule has 0 spiro atoms. The van der Waals surface area contributed by atoms with E-state index < -0.39 is 0 Å². The van der Waals surface area contributed by atoms with Gasteiger partial charge in [0, 0.05) is 29.7 Å². The van der Waals surface area contributed by atoms with E-state index in [1.807, 2.05) is 19.1 Å². The molecule has 22 heavy (non-hydrogen) atoms. The Morgan fingerprint density at radius 1 is 1.50 bits per heavy atom. The highest BCUT2D eigenvalue weighted by atomic mass is 127. The molecule has 8 heteroatoms. The molecule has 0 radical (unpaired) electrons. The number of benzene rings is 1. The number of carbonyl (C=O) groups excluding carboxylic acids is 1. The van der Waals surface area contributed by atoms with Gasteiger partial charge in [0.05, 0.1) is 13.2 Å². The fourth-order valence-corrected chi connectivity index (χ4v) is 2.07. The largest absolute Gasteiger partial charge is 0.383 e. The number of hydrogen-bond donors (Lipinski definition) is 3. The number of amides is 1. The molecule has 1 amide bonds. The predicted octanol–water partition coefficient (Wildman–Crippen LogP) is 1.74. The van der Waals surface area contributed by atoms with Crippen LogP contribution in [0.25, 0.3) is 0 Å². The zero-order valence-corrected chi connectivity index (χ0v) is 16.6. The van der Waals surface area contributed by atoms with Crippen molar-refractivity contribution in [1.82, 2.24) is 10.6 Å². The Morgan fingerprint density at radius 3 is 2.86 bits per heavy atom. The number of aliphatic imine (C=N–C) groups is 1. The molecule has 0 aliphatic rings. The minimum Gasteiger partial charge on any atom is -0.383 e. The van der Waals surface area contributed by atoms with E-state index in [0.29, 0.717) is 31.2 Å². The summed E-state index contributed by atoms with van der Waals surface area (Å²) in [4.78, 5) is 16.0. The van der Waals surface area contributed by atoms with E-state index >= 15 is 0 Å². The third kappa shape index (κ3) is 8.54. The van der Waals surface area contributed by atoms with Gasteiger partial charge in [-0.3, -0.25) is 9.79 Å². The molecule has 1 unspecified atom stereocenters. The van der Waals surface area contributed by atoms with Crippen molar-refractivity contribution in [3.63, 3.8) is 0 Å². The first-order valence-corrected chi connectivity index (χ1v) is 7.41. The number of ether oxygens (including phenoxy) is 1. The van der Waals surface area contributed by atoms with Crippen molar-refractivity contribution in [2.45, 2.75) is 13.0 Å². The number of carbonyl (C=O) groups is 1. The molecule has 0 bridgehead atoms. The van der Waals surface area contributed by atoms with E-state index in [9.17, 15) is 4.79 Å². The smallest absolute Gasteiger partial charge is 0.251 e. The molecule has 1 atom stereocenters. The Morgan fingerprint density at radius 2 is 2.23 bits per heavy atom. The van der Waals surface area contributed by atoms with Gasteiger partial charge in [0.2, 0.25) is 0 Å². The first-order valence-electron chi connectivity index (χ1n) is 6.62. The second-order valence-electron chi connectivity index (χ2n) is 4.53. The standard InChI is InChI=1S/C14H21BrN4O2.HI/c1-10(9-21-2)19-14(16)18-7-6-17-13(20)11-4-3-5-12(15)8-11;/h3-5,8,10H,6-7,9H2,1-2H3,(H,17,20)(H3,16,18,19);1H. The number of hydrogen-bond acceptors (Lipinski definition) is 3. The summed E-state index contributed by atoms with van der Waals surface area (Å²) in [6.45, 7) is 3.33. The second kappa shape index (κ2) is 11.7. The maximum absolute atomic E-state index is 11.9. The van der Waals surface area contributed by atoms with Gasteiger partial charge in [0.25, 0.3) is 5.91 Å². The fraction of sp³-hybridized carbons (Fsp3) is 0.429. The van der Waals surface area contributed by atoms with E-state index in [-0.39, 0.29) is 35.9 Å². The Bertz CT molecular complexity index is 499. The zero-order chi connectivity index (χ0) is 15.7. The number of rotatable bonds is 7. The third-order valence-corrected chi connectivity index (χ3v) is 3.07. The summed E-state index contributed by atoms with van der Waals surface area (Å²) in [5.74, 6) is 0.210. The summed E-state index contributed by atoms with van der Waals surface area (Å²) in [5, 5.41) is 5.78. The van der Waals surface area contributed by atoms with Gasteiger partial charge in [-0.15, -0.1) is 24.0 Å². The molecule has 0 aromatic heterocycles. The molecule has 0 aliphatic carbocycles. The normalized spacial score (nSPS) is 12.2. The lowest BCUT2D eigenvalue weighted by Crippen LogP contribution is -2.41. The molecule has 0 fully saturated rings. The Labute approximate surface area is 156 Å². The minimum atomic E-state index is -0.134. The Balaban J connectivity index is 0.00000441. The SMILES string of the molecule is COCC(C)NC(N)=NCCNC(=O)c1cccc(Br)c1.I. The Kier molecular flexibility index (Phi) is 11.2. The highest BCUT2D eigenvalue weighted by molar-refractivity contribution is 14.0. The molecule has 1 aromatic rings. The first-order chi connectivity index (χ1) is 10.0. The van der Waals surface area contributed by atoms with Crippen LogP contribution in [-0.2, 0) is 4.74 Å². The minimum absolute atomic E-state index is 0. The highest BCUT2D eigenvalue weighted by Gasteiger charge is 2.05. The molecule has 1 rings (SSSR count). The van der Waals surface area contributed by atoms with Crippen LogP contribution >= 0.6 is 39.9 Å². The number of nitrogens with one attached hydrogen (secondary N) is 2. The summed E-state index contributed by atoms with van der Waals surface area (Å²) in [7, 11) is 1.63.